The third-order valence-corrected chi connectivity index (χ3v) is 3.41. The molecule has 1 aromatic carbocycles. The Morgan fingerprint density at radius 2 is 1.95 bits per heavy atom. The summed E-state index contributed by atoms with van der Waals surface area (Å²) in [5.41, 5.74) is 2.56. The summed E-state index contributed by atoms with van der Waals surface area (Å²) in [6.45, 7) is 3.82. The zero-order valence-electron chi connectivity index (χ0n) is 11.6. The maximum atomic E-state index is 10.4. The van der Waals surface area contributed by atoms with E-state index in [1.807, 2.05) is 26.0 Å². The van der Waals surface area contributed by atoms with E-state index in [9.17, 15) is 4.79 Å². The topological polar surface area (TPSA) is 59.4 Å². The highest BCUT2D eigenvalue weighted by Gasteiger charge is 2.05. The average molecular weight is 304 g/mol. The van der Waals surface area contributed by atoms with Gasteiger partial charge in [0.1, 0.15) is 5.75 Å². The molecule has 1 heterocycles. The summed E-state index contributed by atoms with van der Waals surface area (Å²) >= 11 is 6.11. The van der Waals surface area contributed by atoms with Crippen LogP contribution in [0.25, 0.3) is 6.08 Å². The maximum absolute atomic E-state index is 10.4. The lowest BCUT2D eigenvalue weighted by molar-refractivity contribution is -0.131. The van der Waals surface area contributed by atoms with Gasteiger partial charge in [0, 0.05) is 23.4 Å². The molecule has 0 radical (unpaired) electrons. The summed E-state index contributed by atoms with van der Waals surface area (Å²) in [6, 6.07) is 7.10. The van der Waals surface area contributed by atoms with Gasteiger partial charge in [0.2, 0.25) is 5.88 Å². The van der Waals surface area contributed by atoms with Crippen molar-refractivity contribution in [1.82, 2.24) is 4.98 Å². The number of ether oxygens (including phenoxy) is 1. The van der Waals surface area contributed by atoms with Crippen LogP contribution in [0.4, 0.5) is 0 Å². The van der Waals surface area contributed by atoms with Crippen molar-refractivity contribution in [2.45, 2.75) is 13.8 Å². The molecule has 0 saturated heterocycles. The normalized spacial score (nSPS) is 10.8. The lowest BCUT2D eigenvalue weighted by Crippen LogP contribution is -1.91. The van der Waals surface area contributed by atoms with E-state index in [0.29, 0.717) is 17.2 Å². The van der Waals surface area contributed by atoms with Crippen molar-refractivity contribution >= 4 is 23.6 Å². The minimum Gasteiger partial charge on any atom is -0.478 e. The molecule has 0 aliphatic heterocycles. The fourth-order valence-corrected chi connectivity index (χ4v) is 1.91. The fourth-order valence-electron chi connectivity index (χ4n) is 1.80. The third-order valence-electron chi connectivity index (χ3n) is 2.81. The van der Waals surface area contributed by atoms with E-state index in [1.165, 1.54) is 6.08 Å². The molecule has 0 amide bonds. The Morgan fingerprint density at radius 1 is 1.29 bits per heavy atom. The number of carbonyl (C=O) groups is 1. The lowest BCUT2D eigenvalue weighted by atomic mass is 10.1. The number of carboxylic acid groups (broad SMARTS) is 1. The highest BCUT2D eigenvalue weighted by atomic mass is 35.5. The van der Waals surface area contributed by atoms with Gasteiger partial charge in [0.05, 0.1) is 0 Å². The zero-order chi connectivity index (χ0) is 15.4. The van der Waals surface area contributed by atoms with Gasteiger partial charge in [-0.1, -0.05) is 11.6 Å². The second-order valence-corrected chi connectivity index (χ2v) is 4.95. The van der Waals surface area contributed by atoms with Gasteiger partial charge in [0.15, 0.2) is 0 Å². The number of hydrogen-bond donors (Lipinski definition) is 1. The summed E-state index contributed by atoms with van der Waals surface area (Å²) in [6.07, 6.45) is 4.07. The number of rotatable bonds is 4. The molecule has 0 spiro atoms. The molecule has 1 N–H and O–H groups in total. The molecule has 0 bridgehead atoms. The maximum Gasteiger partial charge on any atom is 0.328 e. The summed E-state index contributed by atoms with van der Waals surface area (Å²) in [5, 5.41) is 9.28. The molecule has 5 heteroatoms. The van der Waals surface area contributed by atoms with E-state index in [1.54, 1.807) is 18.3 Å². The van der Waals surface area contributed by atoms with Gasteiger partial charge in [-0.25, -0.2) is 9.78 Å². The first-order chi connectivity index (χ1) is 9.95. The molecular weight excluding hydrogens is 290 g/mol. The predicted octanol–water partition coefficient (Wildman–Crippen LogP) is 4.24. The SMILES string of the molecule is Cc1cc(Oc2ccc(/C=C/C(=O)O)cn2)cc(C)c1Cl. The van der Waals surface area contributed by atoms with Gasteiger partial charge in [-0.3, -0.25) is 0 Å². The predicted molar refractivity (Wildman–Crippen MR) is 81.9 cm³/mol. The number of aryl methyl sites for hydroxylation is 2. The first kappa shape index (κ1) is 15.1. The Balaban J connectivity index is 2.15. The van der Waals surface area contributed by atoms with Crippen LogP contribution in [0, 0.1) is 13.8 Å². The Labute approximate surface area is 127 Å². The highest BCUT2D eigenvalue weighted by Crippen LogP contribution is 2.28. The molecule has 0 fully saturated rings. The minimum atomic E-state index is -0.998. The molecule has 0 atom stereocenters. The van der Waals surface area contributed by atoms with E-state index >= 15 is 0 Å². The van der Waals surface area contributed by atoms with Crippen LogP contribution in [0.3, 0.4) is 0 Å². The first-order valence-corrected chi connectivity index (χ1v) is 6.65. The van der Waals surface area contributed by atoms with Crippen molar-refractivity contribution in [3.8, 4) is 11.6 Å². The standard InChI is InChI=1S/C16H14ClNO3/c1-10-7-13(8-11(2)16(10)17)21-14-5-3-12(9-18-14)4-6-15(19)20/h3-9H,1-2H3,(H,19,20)/b6-4+. The molecule has 2 rings (SSSR count). The molecular formula is C16H14ClNO3. The molecule has 0 saturated carbocycles. The second-order valence-electron chi connectivity index (χ2n) is 4.57. The number of nitrogens with zero attached hydrogens (tertiary/aromatic N) is 1. The number of benzene rings is 1. The van der Waals surface area contributed by atoms with E-state index in [0.717, 1.165) is 22.2 Å². The molecule has 0 aliphatic rings. The minimum absolute atomic E-state index is 0.434. The van der Waals surface area contributed by atoms with Crippen molar-refractivity contribution < 1.29 is 14.6 Å². The van der Waals surface area contributed by atoms with Crippen molar-refractivity contribution in [2.24, 2.45) is 0 Å². The largest absolute Gasteiger partial charge is 0.478 e. The number of halogens is 1. The van der Waals surface area contributed by atoms with Crippen LogP contribution in [0.2, 0.25) is 5.02 Å². The molecule has 2 aromatic rings. The van der Waals surface area contributed by atoms with Crippen LogP contribution in [0.5, 0.6) is 11.6 Å². The zero-order valence-corrected chi connectivity index (χ0v) is 12.4. The number of pyridine rings is 1. The summed E-state index contributed by atoms with van der Waals surface area (Å²) in [7, 11) is 0. The third kappa shape index (κ3) is 4.07. The van der Waals surface area contributed by atoms with Gasteiger partial charge < -0.3 is 9.84 Å². The van der Waals surface area contributed by atoms with E-state index < -0.39 is 5.97 Å². The first-order valence-electron chi connectivity index (χ1n) is 6.27. The second kappa shape index (κ2) is 6.41. The van der Waals surface area contributed by atoms with Gasteiger partial charge in [-0.05, 0) is 54.8 Å². The van der Waals surface area contributed by atoms with E-state index in [4.69, 9.17) is 21.4 Å². The summed E-state index contributed by atoms with van der Waals surface area (Å²) in [5.74, 6) is 0.0989. The van der Waals surface area contributed by atoms with Crippen molar-refractivity contribution in [2.75, 3.05) is 0 Å². The van der Waals surface area contributed by atoms with Gasteiger partial charge in [-0.2, -0.15) is 0 Å². The monoisotopic (exact) mass is 303 g/mol. The molecule has 4 nitrogen and oxygen atoms in total. The Bertz CT molecular complexity index is 670. The Morgan fingerprint density at radius 3 is 2.48 bits per heavy atom. The summed E-state index contributed by atoms with van der Waals surface area (Å²) in [4.78, 5) is 14.6. The molecule has 0 aliphatic carbocycles. The van der Waals surface area contributed by atoms with Crippen LogP contribution in [0.1, 0.15) is 16.7 Å². The molecule has 108 valence electrons. The van der Waals surface area contributed by atoms with Crippen molar-refractivity contribution in [3.05, 3.63) is 58.3 Å². The van der Waals surface area contributed by atoms with Gasteiger partial charge in [0.25, 0.3) is 0 Å². The molecule has 0 unspecified atom stereocenters. The van der Waals surface area contributed by atoms with Crippen molar-refractivity contribution in [3.63, 3.8) is 0 Å². The average Bonchev–Trinajstić information content (AvgIpc) is 2.44. The lowest BCUT2D eigenvalue weighted by Gasteiger charge is -2.09. The number of aromatic nitrogens is 1. The Kier molecular flexibility index (Phi) is 4.60. The molecule has 21 heavy (non-hydrogen) atoms. The number of carboxylic acids is 1. The Hall–Kier alpha value is -2.33. The summed E-state index contributed by atoms with van der Waals surface area (Å²) < 4.78 is 5.67. The smallest absolute Gasteiger partial charge is 0.328 e. The number of aliphatic carboxylic acids is 1. The van der Waals surface area contributed by atoms with Crippen molar-refractivity contribution in [1.29, 1.82) is 0 Å². The highest BCUT2D eigenvalue weighted by molar-refractivity contribution is 6.32. The van der Waals surface area contributed by atoms with Crippen LogP contribution < -0.4 is 4.74 Å². The number of hydrogen-bond acceptors (Lipinski definition) is 3. The fraction of sp³-hybridized carbons (Fsp3) is 0.125. The van der Waals surface area contributed by atoms with Crippen LogP contribution in [0.15, 0.2) is 36.5 Å². The van der Waals surface area contributed by atoms with E-state index in [2.05, 4.69) is 4.98 Å². The van der Waals surface area contributed by atoms with Crippen LogP contribution in [-0.4, -0.2) is 16.1 Å². The van der Waals surface area contributed by atoms with Crippen LogP contribution >= 0.6 is 11.6 Å². The quantitative estimate of drug-likeness (QED) is 0.858. The molecule has 1 aromatic heterocycles. The van der Waals surface area contributed by atoms with Crippen LogP contribution in [-0.2, 0) is 4.79 Å². The van der Waals surface area contributed by atoms with E-state index in [-0.39, 0.29) is 0 Å². The van der Waals surface area contributed by atoms with Gasteiger partial charge in [-0.15, -0.1) is 0 Å². The van der Waals surface area contributed by atoms with Gasteiger partial charge >= 0.3 is 5.97 Å².